The minimum absolute atomic E-state index is 0.824. The van der Waals surface area contributed by atoms with Gasteiger partial charge < -0.3 is 4.90 Å². The van der Waals surface area contributed by atoms with E-state index < -0.39 is 0 Å². The molecule has 0 aliphatic carbocycles. The standard InChI is InChI=1S/C7H12N2/c1-5-7(8-6-2)9(3)4/h5-6H,1-2H2,3-4H3. The monoisotopic (exact) mass is 124 g/mol. The average molecular weight is 124 g/mol. The Kier molecular flexibility index (Phi) is 3.44. The SMILES string of the molecule is C=CN=C(C=C)N(C)C. The highest BCUT2D eigenvalue weighted by Crippen LogP contribution is 1.84. The Hall–Kier alpha value is -1.05. The summed E-state index contributed by atoms with van der Waals surface area (Å²) in [6, 6.07) is 0. The van der Waals surface area contributed by atoms with Crippen LogP contribution in [0.2, 0.25) is 0 Å². The lowest BCUT2D eigenvalue weighted by Gasteiger charge is -2.09. The molecule has 50 valence electrons. The normalized spacial score (nSPS) is 10.7. The first-order valence-electron chi connectivity index (χ1n) is 2.71. The van der Waals surface area contributed by atoms with Crippen LogP contribution in [0.15, 0.2) is 30.4 Å². The smallest absolute Gasteiger partial charge is 0.127 e. The molecule has 0 atom stereocenters. The van der Waals surface area contributed by atoms with Crippen molar-refractivity contribution in [3.8, 4) is 0 Å². The molecule has 0 aliphatic heterocycles. The summed E-state index contributed by atoms with van der Waals surface area (Å²) in [5.74, 6) is 0.824. The fourth-order valence-corrected chi connectivity index (χ4v) is 0.444. The van der Waals surface area contributed by atoms with Gasteiger partial charge in [0.1, 0.15) is 5.84 Å². The fourth-order valence-electron chi connectivity index (χ4n) is 0.444. The van der Waals surface area contributed by atoms with Crippen molar-refractivity contribution in [3.63, 3.8) is 0 Å². The number of hydrogen-bond acceptors (Lipinski definition) is 1. The maximum atomic E-state index is 3.93. The topological polar surface area (TPSA) is 15.6 Å². The number of aliphatic imine (C=N–C) groups is 1. The van der Waals surface area contributed by atoms with Crippen LogP contribution in [0.1, 0.15) is 0 Å². The Bertz CT molecular complexity index is 134. The fraction of sp³-hybridized carbons (Fsp3) is 0.286. The molecule has 0 bridgehead atoms. The first kappa shape index (κ1) is 7.95. The molecular weight excluding hydrogens is 112 g/mol. The van der Waals surface area contributed by atoms with Gasteiger partial charge in [0, 0.05) is 20.3 Å². The van der Waals surface area contributed by atoms with Crippen LogP contribution in [0.25, 0.3) is 0 Å². The van der Waals surface area contributed by atoms with Crippen LogP contribution in [0.3, 0.4) is 0 Å². The summed E-state index contributed by atoms with van der Waals surface area (Å²) in [5.41, 5.74) is 0. The second-order valence-electron chi connectivity index (χ2n) is 1.77. The van der Waals surface area contributed by atoms with Crippen LogP contribution in [-0.4, -0.2) is 24.8 Å². The highest BCUT2D eigenvalue weighted by atomic mass is 15.1. The zero-order chi connectivity index (χ0) is 7.28. The maximum absolute atomic E-state index is 3.93. The summed E-state index contributed by atoms with van der Waals surface area (Å²) < 4.78 is 0. The van der Waals surface area contributed by atoms with Gasteiger partial charge in [0.25, 0.3) is 0 Å². The predicted molar refractivity (Wildman–Crippen MR) is 41.5 cm³/mol. The summed E-state index contributed by atoms with van der Waals surface area (Å²) in [4.78, 5) is 5.80. The largest absolute Gasteiger partial charge is 0.363 e. The first-order chi connectivity index (χ1) is 4.22. The average Bonchev–Trinajstić information content (AvgIpc) is 1.82. The molecule has 0 saturated heterocycles. The summed E-state index contributed by atoms with van der Waals surface area (Å²) in [6.45, 7) is 7.05. The molecule has 0 radical (unpaired) electrons. The summed E-state index contributed by atoms with van der Waals surface area (Å²) >= 11 is 0. The molecule has 2 nitrogen and oxygen atoms in total. The molecule has 0 aliphatic rings. The third-order valence-electron chi connectivity index (χ3n) is 0.864. The first-order valence-corrected chi connectivity index (χ1v) is 2.71. The number of amidine groups is 1. The molecule has 0 fully saturated rings. The van der Waals surface area contributed by atoms with E-state index >= 15 is 0 Å². The Morgan fingerprint density at radius 3 is 2.11 bits per heavy atom. The van der Waals surface area contributed by atoms with Gasteiger partial charge in [-0.3, -0.25) is 0 Å². The van der Waals surface area contributed by atoms with Gasteiger partial charge in [-0.15, -0.1) is 0 Å². The molecule has 0 aromatic heterocycles. The van der Waals surface area contributed by atoms with Gasteiger partial charge in [0.05, 0.1) is 0 Å². The number of rotatable bonds is 2. The summed E-state index contributed by atoms with van der Waals surface area (Å²) in [7, 11) is 3.81. The van der Waals surface area contributed by atoms with Crippen molar-refractivity contribution in [1.29, 1.82) is 0 Å². The second kappa shape index (κ2) is 3.89. The van der Waals surface area contributed by atoms with E-state index in [2.05, 4.69) is 18.2 Å². The molecule has 0 saturated carbocycles. The van der Waals surface area contributed by atoms with Gasteiger partial charge in [-0.25, -0.2) is 4.99 Å². The highest BCUT2D eigenvalue weighted by Gasteiger charge is 1.90. The molecule has 0 aromatic carbocycles. The lowest BCUT2D eigenvalue weighted by molar-refractivity contribution is 0.627. The Morgan fingerprint density at radius 2 is 2.00 bits per heavy atom. The zero-order valence-corrected chi connectivity index (χ0v) is 5.96. The molecule has 2 heteroatoms. The van der Waals surface area contributed by atoms with E-state index in [0.29, 0.717) is 0 Å². The third-order valence-corrected chi connectivity index (χ3v) is 0.864. The van der Waals surface area contributed by atoms with Gasteiger partial charge in [0.15, 0.2) is 0 Å². The molecule has 9 heavy (non-hydrogen) atoms. The van der Waals surface area contributed by atoms with E-state index in [0.717, 1.165) is 5.84 Å². The molecule has 0 rings (SSSR count). The Labute approximate surface area is 56.2 Å². The number of hydrogen-bond donors (Lipinski definition) is 0. The van der Waals surface area contributed by atoms with Crippen molar-refractivity contribution in [2.75, 3.05) is 14.1 Å². The van der Waals surface area contributed by atoms with Crippen LogP contribution < -0.4 is 0 Å². The van der Waals surface area contributed by atoms with Crippen molar-refractivity contribution in [2.45, 2.75) is 0 Å². The van der Waals surface area contributed by atoms with Crippen LogP contribution >= 0.6 is 0 Å². The second-order valence-corrected chi connectivity index (χ2v) is 1.77. The lowest BCUT2D eigenvalue weighted by atomic mass is 10.5. The van der Waals surface area contributed by atoms with E-state index in [1.807, 2.05) is 19.0 Å². The van der Waals surface area contributed by atoms with E-state index in [1.165, 1.54) is 6.20 Å². The van der Waals surface area contributed by atoms with Crippen LogP contribution in [0.4, 0.5) is 0 Å². The van der Waals surface area contributed by atoms with Crippen molar-refractivity contribution in [1.82, 2.24) is 4.90 Å². The number of nitrogens with zero attached hydrogens (tertiary/aromatic N) is 2. The maximum Gasteiger partial charge on any atom is 0.127 e. The van der Waals surface area contributed by atoms with E-state index in [1.54, 1.807) is 6.08 Å². The molecule has 0 aromatic rings. The third kappa shape index (κ3) is 2.69. The van der Waals surface area contributed by atoms with Gasteiger partial charge in [0.2, 0.25) is 0 Å². The predicted octanol–water partition coefficient (Wildman–Crippen LogP) is 1.28. The van der Waals surface area contributed by atoms with Gasteiger partial charge in [-0.05, 0) is 6.08 Å². The van der Waals surface area contributed by atoms with Crippen molar-refractivity contribution < 1.29 is 0 Å². The zero-order valence-electron chi connectivity index (χ0n) is 5.96. The molecule has 0 N–H and O–H groups in total. The quantitative estimate of drug-likeness (QED) is 0.400. The molecule has 0 amide bonds. The lowest BCUT2D eigenvalue weighted by Crippen LogP contribution is -2.18. The molecule has 0 unspecified atom stereocenters. The van der Waals surface area contributed by atoms with Crippen molar-refractivity contribution in [3.05, 3.63) is 25.4 Å². The van der Waals surface area contributed by atoms with Crippen LogP contribution in [-0.2, 0) is 0 Å². The molecular formula is C7H12N2. The van der Waals surface area contributed by atoms with E-state index in [4.69, 9.17) is 0 Å². The minimum Gasteiger partial charge on any atom is -0.363 e. The van der Waals surface area contributed by atoms with E-state index in [9.17, 15) is 0 Å². The minimum atomic E-state index is 0.824. The summed E-state index contributed by atoms with van der Waals surface area (Å²) in [6.07, 6.45) is 3.18. The highest BCUT2D eigenvalue weighted by molar-refractivity contribution is 5.92. The summed E-state index contributed by atoms with van der Waals surface area (Å²) in [5, 5.41) is 0. The van der Waals surface area contributed by atoms with Gasteiger partial charge >= 0.3 is 0 Å². The van der Waals surface area contributed by atoms with Gasteiger partial charge in [-0.1, -0.05) is 13.2 Å². The van der Waals surface area contributed by atoms with Gasteiger partial charge in [-0.2, -0.15) is 0 Å². The Morgan fingerprint density at radius 1 is 1.44 bits per heavy atom. The molecule has 0 spiro atoms. The van der Waals surface area contributed by atoms with Crippen LogP contribution in [0.5, 0.6) is 0 Å². The van der Waals surface area contributed by atoms with Crippen molar-refractivity contribution >= 4 is 5.84 Å². The molecule has 0 heterocycles. The van der Waals surface area contributed by atoms with Crippen molar-refractivity contribution in [2.24, 2.45) is 4.99 Å². The Balaban J connectivity index is 4.13. The van der Waals surface area contributed by atoms with Crippen LogP contribution in [0, 0.1) is 0 Å². The number of likely N-dealkylation sites (N-methyl/N-ethyl adjacent to an activating group) is 1. The van der Waals surface area contributed by atoms with E-state index in [-0.39, 0.29) is 0 Å².